The third kappa shape index (κ3) is 7.52. The SMILES string of the molecule is Cc1ccc([C@H](CC(=O)O)NC(=O)Nc2c(O)ccn(Cc3cc(C(F)(F)F)cc(C(F)(F)F)c3)c2=O)cc1. The molecule has 0 aliphatic heterocycles. The van der Waals surface area contributed by atoms with Gasteiger partial charge in [-0.3, -0.25) is 9.59 Å². The van der Waals surface area contributed by atoms with Gasteiger partial charge >= 0.3 is 24.4 Å². The van der Waals surface area contributed by atoms with E-state index in [4.69, 9.17) is 0 Å². The molecule has 1 atom stereocenters. The number of urea groups is 1. The fourth-order valence-electron chi connectivity index (χ4n) is 3.65. The van der Waals surface area contributed by atoms with Gasteiger partial charge in [-0.2, -0.15) is 26.3 Å². The van der Waals surface area contributed by atoms with Crippen molar-refractivity contribution in [2.75, 3.05) is 5.32 Å². The lowest BCUT2D eigenvalue weighted by molar-refractivity contribution is -0.143. The number of carbonyl (C=O) groups is 2. The van der Waals surface area contributed by atoms with E-state index in [2.05, 4.69) is 10.6 Å². The molecule has 0 radical (unpaired) electrons. The number of halogens is 6. The van der Waals surface area contributed by atoms with Crippen LogP contribution in [0.25, 0.3) is 0 Å². The Morgan fingerprint density at radius 2 is 1.51 bits per heavy atom. The maximum atomic E-state index is 13.2. The van der Waals surface area contributed by atoms with Gasteiger partial charge in [-0.25, -0.2) is 4.79 Å². The van der Waals surface area contributed by atoms with Crippen molar-refractivity contribution in [3.8, 4) is 5.75 Å². The number of hydrogen-bond donors (Lipinski definition) is 4. The Kier molecular flexibility index (Phi) is 8.27. The van der Waals surface area contributed by atoms with Crippen molar-refractivity contribution in [1.29, 1.82) is 0 Å². The van der Waals surface area contributed by atoms with Crippen LogP contribution in [0, 0.1) is 6.92 Å². The standard InChI is InChI=1S/C25H21F6N3O5/c1-13-2-4-15(5-3-13)18(11-20(36)37)32-23(39)33-21-19(35)6-7-34(22(21)38)12-14-8-16(24(26,27)28)10-17(9-14)25(29,30)31/h2-10,18,35H,11-12H2,1H3,(H,36,37)(H2,32,33,39)/t18-/m0/s1. The molecule has 39 heavy (non-hydrogen) atoms. The van der Waals surface area contributed by atoms with Gasteiger partial charge in [0.15, 0.2) is 5.69 Å². The average molecular weight is 557 g/mol. The molecule has 8 nitrogen and oxygen atoms in total. The molecule has 0 bridgehead atoms. The molecule has 4 N–H and O–H groups in total. The molecular weight excluding hydrogens is 536 g/mol. The van der Waals surface area contributed by atoms with Crippen LogP contribution in [0.15, 0.2) is 59.5 Å². The van der Waals surface area contributed by atoms with Crippen molar-refractivity contribution in [2.45, 2.75) is 38.3 Å². The molecule has 1 heterocycles. The number of pyridine rings is 1. The van der Waals surface area contributed by atoms with Gasteiger partial charge in [0.05, 0.1) is 30.1 Å². The first kappa shape index (κ1) is 29.1. The highest BCUT2D eigenvalue weighted by atomic mass is 19.4. The van der Waals surface area contributed by atoms with Crippen molar-refractivity contribution >= 4 is 17.7 Å². The minimum Gasteiger partial charge on any atom is -0.505 e. The van der Waals surface area contributed by atoms with Gasteiger partial charge in [-0.05, 0) is 42.3 Å². The first-order valence-electron chi connectivity index (χ1n) is 11.1. The Balaban J connectivity index is 1.90. The lowest BCUT2D eigenvalue weighted by atomic mass is 10.0. The van der Waals surface area contributed by atoms with Gasteiger partial charge in [0, 0.05) is 6.20 Å². The predicted molar refractivity (Wildman–Crippen MR) is 126 cm³/mol. The number of benzene rings is 2. The van der Waals surface area contributed by atoms with Crippen molar-refractivity contribution in [1.82, 2.24) is 9.88 Å². The molecule has 0 aliphatic rings. The Morgan fingerprint density at radius 3 is 2.03 bits per heavy atom. The highest BCUT2D eigenvalue weighted by Crippen LogP contribution is 2.36. The van der Waals surface area contributed by atoms with Crippen LogP contribution < -0.4 is 16.2 Å². The monoisotopic (exact) mass is 557 g/mol. The van der Waals surface area contributed by atoms with E-state index in [1.165, 1.54) is 0 Å². The predicted octanol–water partition coefficient (Wildman–Crippen LogP) is 5.29. The van der Waals surface area contributed by atoms with Crippen molar-refractivity contribution in [3.63, 3.8) is 0 Å². The van der Waals surface area contributed by atoms with E-state index in [1.807, 2.05) is 0 Å². The average Bonchev–Trinajstić information content (AvgIpc) is 2.82. The van der Waals surface area contributed by atoms with E-state index < -0.39 is 77.0 Å². The molecule has 0 fully saturated rings. The Morgan fingerprint density at radius 1 is 0.949 bits per heavy atom. The van der Waals surface area contributed by atoms with Crippen LogP contribution in [0.2, 0.25) is 0 Å². The Hall–Kier alpha value is -4.49. The first-order valence-corrected chi connectivity index (χ1v) is 11.1. The van der Waals surface area contributed by atoms with Gasteiger partial charge in [-0.1, -0.05) is 29.8 Å². The van der Waals surface area contributed by atoms with Crippen LogP contribution in [0.3, 0.4) is 0 Å². The summed E-state index contributed by atoms with van der Waals surface area (Å²) in [4.78, 5) is 36.8. The summed E-state index contributed by atoms with van der Waals surface area (Å²) in [5, 5.41) is 23.8. The number of carboxylic acids is 1. The van der Waals surface area contributed by atoms with E-state index in [0.29, 0.717) is 22.3 Å². The number of alkyl halides is 6. The molecular formula is C25H21F6N3O5. The minimum absolute atomic E-state index is 0.0536. The van der Waals surface area contributed by atoms with Crippen LogP contribution >= 0.6 is 0 Å². The maximum absolute atomic E-state index is 13.2. The lowest BCUT2D eigenvalue weighted by Gasteiger charge is -2.19. The summed E-state index contributed by atoms with van der Waals surface area (Å²) in [7, 11) is 0. The number of aromatic hydroxyl groups is 1. The number of hydrogen-bond acceptors (Lipinski definition) is 4. The molecule has 0 aliphatic carbocycles. The van der Waals surface area contributed by atoms with Crippen LogP contribution in [-0.2, 0) is 23.7 Å². The zero-order valence-corrected chi connectivity index (χ0v) is 20.0. The van der Waals surface area contributed by atoms with Gasteiger partial charge < -0.3 is 25.4 Å². The van der Waals surface area contributed by atoms with Crippen LogP contribution in [0.1, 0.15) is 40.3 Å². The molecule has 3 aromatic rings. The second kappa shape index (κ2) is 11.1. The summed E-state index contributed by atoms with van der Waals surface area (Å²) in [5.74, 6) is -1.98. The molecule has 2 aromatic carbocycles. The van der Waals surface area contributed by atoms with E-state index in [0.717, 1.165) is 17.8 Å². The summed E-state index contributed by atoms with van der Waals surface area (Å²) in [6, 6.07) is 6.16. The molecule has 1 aromatic heterocycles. The largest absolute Gasteiger partial charge is 0.505 e. The molecule has 0 spiro atoms. The number of aliphatic carboxylic acids is 1. The van der Waals surface area contributed by atoms with Crippen LogP contribution in [0.4, 0.5) is 36.8 Å². The number of rotatable bonds is 7. The fraction of sp³-hybridized carbons (Fsp3) is 0.240. The second-order valence-electron chi connectivity index (χ2n) is 8.58. The highest BCUT2D eigenvalue weighted by molar-refractivity contribution is 5.91. The first-order chi connectivity index (χ1) is 18.0. The summed E-state index contributed by atoms with van der Waals surface area (Å²) in [6.45, 7) is 1.04. The van der Waals surface area contributed by atoms with Crippen molar-refractivity contribution in [3.05, 3.63) is 92.9 Å². The van der Waals surface area contributed by atoms with E-state index in [1.54, 1.807) is 31.2 Å². The lowest BCUT2D eigenvalue weighted by Crippen LogP contribution is -2.36. The fourth-order valence-corrected chi connectivity index (χ4v) is 3.65. The van der Waals surface area contributed by atoms with Crippen LogP contribution in [-0.4, -0.2) is 26.8 Å². The van der Waals surface area contributed by atoms with E-state index in [-0.39, 0.29) is 6.07 Å². The summed E-state index contributed by atoms with van der Waals surface area (Å²) in [6.07, 6.45) is -9.79. The van der Waals surface area contributed by atoms with Crippen molar-refractivity contribution in [2.24, 2.45) is 0 Å². The topological polar surface area (TPSA) is 121 Å². The highest BCUT2D eigenvalue weighted by Gasteiger charge is 2.37. The van der Waals surface area contributed by atoms with E-state index in [9.17, 15) is 50.9 Å². The molecule has 3 rings (SSSR count). The smallest absolute Gasteiger partial charge is 0.416 e. The molecule has 0 saturated carbocycles. The number of carbonyl (C=O) groups excluding carboxylic acids is 1. The Labute approximate surface area is 216 Å². The third-order valence-corrected chi connectivity index (χ3v) is 5.55. The third-order valence-electron chi connectivity index (χ3n) is 5.55. The maximum Gasteiger partial charge on any atom is 0.416 e. The number of carboxylic acid groups (broad SMARTS) is 1. The molecule has 208 valence electrons. The second-order valence-corrected chi connectivity index (χ2v) is 8.58. The summed E-state index contributed by atoms with van der Waals surface area (Å²) >= 11 is 0. The quantitative estimate of drug-likeness (QED) is 0.295. The normalized spacial score (nSPS) is 12.6. The number of aromatic nitrogens is 1. The molecule has 2 amide bonds. The van der Waals surface area contributed by atoms with Gasteiger partial charge in [-0.15, -0.1) is 0 Å². The van der Waals surface area contributed by atoms with Gasteiger partial charge in [0.2, 0.25) is 0 Å². The summed E-state index contributed by atoms with van der Waals surface area (Å²) < 4.78 is 79.8. The zero-order valence-electron chi connectivity index (χ0n) is 20.0. The van der Waals surface area contributed by atoms with Gasteiger partial charge in [0.25, 0.3) is 5.56 Å². The number of nitrogens with one attached hydrogen (secondary N) is 2. The number of anilines is 1. The number of aryl methyl sites for hydroxylation is 1. The summed E-state index contributed by atoms with van der Waals surface area (Å²) in [5.41, 5.74) is -4.22. The van der Waals surface area contributed by atoms with Crippen molar-refractivity contribution < 1.29 is 46.1 Å². The van der Waals surface area contributed by atoms with Crippen LogP contribution in [0.5, 0.6) is 5.75 Å². The molecule has 0 unspecified atom stereocenters. The Bertz CT molecular complexity index is 1400. The molecule has 14 heteroatoms. The number of amides is 2. The van der Waals surface area contributed by atoms with E-state index >= 15 is 0 Å². The minimum atomic E-state index is -5.09. The number of nitrogens with zero attached hydrogens (tertiary/aromatic N) is 1. The zero-order chi connectivity index (χ0) is 29.1. The van der Waals surface area contributed by atoms with Gasteiger partial charge in [0.1, 0.15) is 5.75 Å². The molecule has 0 saturated heterocycles.